The minimum Gasteiger partial charge on any atom is -0.325 e. The van der Waals surface area contributed by atoms with E-state index in [4.69, 9.17) is 0 Å². The minimum atomic E-state index is -0.407. The Morgan fingerprint density at radius 2 is 1.63 bits per heavy atom. The number of nitrogens with one attached hydrogen (secondary N) is 2. The number of aromatic amines is 1. The molecular formula is C32H33N3O4S2. The van der Waals surface area contributed by atoms with Crippen molar-refractivity contribution in [3.05, 3.63) is 79.8 Å². The van der Waals surface area contributed by atoms with Crippen LogP contribution in [0.15, 0.2) is 58.4 Å². The molecule has 2 aromatic carbocycles. The highest BCUT2D eigenvalue weighted by molar-refractivity contribution is 8.00. The summed E-state index contributed by atoms with van der Waals surface area (Å²) in [4.78, 5) is 58.1. The second kappa shape index (κ2) is 9.42. The van der Waals surface area contributed by atoms with E-state index in [2.05, 4.69) is 55.3 Å². The first-order valence-electron chi connectivity index (χ1n) is 14.2. The van der Waals surface area contributed by atoms with Gasteiger partial charge in [0.25, 0.3) is 0 Å². The van der Waals surface area contributed by atoms with Gasteiger partial charge in [-0.2, -0.15) is 0 Å². The summed E-state index contributed by atoms with van der Waals surface area (Å²) in [5, 5.41) is 3.86. The Bertz CT molecular complexity index is 1620. The first-order chi connectivity index (χ1) is 19.5. The van der Waals surface area contributed by atoms with E-state index in [0.29, 0.717) is 5.69 Å². The van der Waals surface area contributed by atoms with E-state index in [1.54, 1.807) is 11.8 Å². The van der Waals surface area contributed by atoms with E-state index in [0.717, 1.165) is 27.5 Å². The van der Waals surface area contributed by atoms with Crippen LogP contribution >= 0.6 is 23.1 Å². The zero-order valence-corrected chi connectivity index (χ0v) is 25.1. The molecule has 41 heavy (non-hydrogen) atoms. The molecule has 0 spiro atoms. The van der Waals surface area contributed by atoms with Gasteiger partial charge in [-0.15, -0.1) is 11.8 Å². The Kier molecular flexibility index (Phi) is 6.14. The third kappa shape index (κ3) is 4.23. The molecule has 7 rings (SSSR count). The van der Waals surface area contributed by atoms with Crippen LogP contribution in [-0.4, -0.2) is 39.4 Å². The topological polar surface area (TPSA) is 99.3 Å². The molecule has 3 aromatic rings. The van der Waals surface area contributed by atoms with Crippen molar-refractivity contribution in [1.82, 2.24) is 9.88 Å². The first-order valence-corrected chi connectivity index (χ1v) is 15.9. The van der Waals surface area contributed by atoms with Crippen molar-refractivity contribution in [3.8, 4) is 0 Å². The Morgan fingerprint density at radius 3 is 2.29 bits per heavy atom. The number of thiazole rings is 1. The summed E-state index contributed by atoms with van der Waals surface area (Å²) in [5.74, 6) is -1.41. The number of hydrogen-bond donors (Lipinski definition) is 2. The van der Waals surface area contributed by atoms with Gasteiger partial charge in [0.15, 0.2) is 0 Å². The van der Waals surface area contributed by atoms with Gasteiger partial charge in [-0.05, 0) is 59.8 Å². The molecule has 9 heteroatoms. The van der Waals surface area contributed by atoms with Crippen LogP contribution in [-0.2, 0) is 19.8 Å². The molecule has 7 atom stereocenters. The van der Waals surface area contributed by atoms with Crippen molar-refractivity contribution >= 4 is 46.5 Å². The zero-order chi connectivity index (χ0) is 28.8. The number of carbonyl (C=O) groups is 3. The Hall–Kier alpha value is -3.17. The SMILES string of the molecule is Cc1ccc(NC(=O)CN2C(=O)C3C4CC(C3C2=O)C2C(c3ccc(C(C)(C)C)cc3)c3sc(=O)[nH]c3SC42)cc1. The van der Waals surface area contributed by atoms with Gasteiger partial charge in [0.1, 0.15) is 6.54 Å². The van der Waals surface area contributed by atoms with E-state index in [1.165, 1.54) is 21.8 Å². The smallest absolute Gasteiger partial charge is 0.305 e. The third-order valence-electron chi connectivity index (χ3n) is 9.59. The number of fused-ring (bicyclic) bond motifs is 9. The summed E-state index contributed by atoms with van der Waals surface area (Å²) < 4.78 is 0. The lowest BCUT2D eigenvalue weighted by Gasteiger charge is -2.43. The molecule has 7 nitrogen and oxygen atoms in total. The number of imide groups is 1. The molecule has 7 unspecified atom stereocenters. The van der Waals surface area contributed by atoms with E-state index >= 15 is 0 Å². The predicted octanol–water partition coefficient (Wildman–Crippen LogP) is 5.15. The molecule has 3 heterocycles. The van der Waals surface area contributed by atoms with Crippen molar-refractivity contribution in [3.63, 3.8) is 0 Å². The summed E-state index contributed by atoms with van der Waals surface area (Å²) in [5.41, 5.74) is 4.15. The zero-order valence-electron chi connectivity index (χ0n) is 23.5. The molecule has 212 valence electrons. The quantitative estimate of drug-likeness (QED) is 0.411. The number of anilines is 1. The number of carbonyl (C=O) groups excluding carboxylic acids is 3. The summed E-state index contributed by atoms with van der Waals surface area (Å²) in [6.45, 7) is 8.28. The van der Waals surface area contributed by atoms with Crippen LogP contribution in [0.5, 0.6) is 0 Å². The summed E-state index contributed by atoms with van der Waals surface area (Å²) >= 11 is 2.95. The number of amides is 3. The highest BCUT2D eigenvalue weighted by Gasteiger charge is 2.69. The van der Waals surface area contributed by atoms with Gasteiger partial charge >= 0.3 is 4.87 Å². The predicted molar refractivity (Wildman–Crippen MR) is 160 cm³/mol. The number of H-pyrrole nitrogens is 1. The number of thioether (sulfide) groups is 1. The Morgan fingerprint density at radius 1 is 0.976 bits per heavy atom. The van der Waals surface area contributed by atoms with Gasteiger partial charge in [0, 0.05) is 21.7 Å². The van der Waals surface area contributed by atoms with Crippen LogP contribution in [0.25, 0.3) is 0 Å². The summed E-state index contributed by atoms with van der Waals surface area (Å²) in [6, 6.07) is 16.2. The van der Waals surface area contributed by atoms with Crippen molar-refractivity contribution in [2.24, 2.45) is 29.6 Å². The highest BCUT2D eigenvalue weighted by Crippen LogP contribution is 2.68. The number of aromatic nitrogens is 1. The second-order valence-corrected chi connectivity index (χ2v) is 15.2. The second-order valence-electron chi connectivity index (χ2n) is 13.0. The summed E-state index contributed by atoms with van der Waals surface area (Å²) in [6.07, 6.45) is 0.828. The standard InChI is InChI=1S/C32H33N3O4S2/c1-15-5-11-18(12-6-15)33-21(36)14-35-29(37)24-19-13-20(25(24)30(35)38)26-23(19)22(27-28(40-26)34-31(39)41-27)16-7-9-17(10-8-16)32(2,3)4/h5-12,19-20,22-26H,13-14H2,1-4H3,(H,33,36)(H,34,39). The molecule has 3 amide bonds. The fourth-order valence-electron chi connectivity index (χ4n) is 7.78. The van der Waals surface area contributed by atoms with Crippen LogP contribution in [0.1, 0.15) is 54.7 Å². The fourth-order valence-corrected chi connectivity index (χ4v) is 10.7. The number of hydrogen-bond acceptors (Lipinski definition) is 6. The molecule has 3 fully saturated rings. The van der Waals surface area contributed by atoms with Crippen molar-refractivity contribution in [2.45, 2.75) is 55.7 Å². The van der Waals surface area contributed by atoms with Crippen LogP contribution in [0.4, 0.5) is 5.69 Å². The number of aryl methyl sites for hydroxylation is 1. The molecule has 2 bridgehead atoms. The molecule has 2 saturated carbocycles. The first kappa shape index (κ1) is 26.7. The van der Waals surface area contributed by atoms with Gasteiger partial charge in [-0.1, -0.05) is 74.1 Å². The molecule has 2 N–H and O–H groups in total. The van der Waals surface area contributed by atoms with Crippen LogP contribution in [0, 0.1) is 36.5 Å². The lowest BCUT2D eigenvalue weighted by atomic mass is 9.68. The fraction of sp³-hybridized carbons (Fsp3) is 0.438. The van der Waals surface area contributed by atoms with E-state index < -0.39 is 11.8 Å². The maximum atomic E-state index is 13.8. The van der Waals surface area contributed by atoms with Crippen molar-refractivity contribution < 1.29 is 14.4 Å². The maximum Gasteiger partial charge on any atom is 0.305 e. The molecular weight excluding hydrogens is 555 g/mol. The third-order valence-corrected chi connectivity index (χ3v) is 12.2. The van der Waals surface area contributed by atoms with Gasteiger partial charge in [-0.25, -0.2) is 0 Å². The number of likely N-dealkylation sites (tertiary alicyclic amines) is 1. The Balaban J connectivity index is 1.19. The minimum absolute atomic E-state index is 0.00745. The lowest BCUT2D eigenvalue weighted by molar-refractivity contribution is -0.143. The maximum absolute atomic E-state index is 13.8. The summed E-state index contributed by atoms with van der Waals surface area (Å²) in [7, 11) is 0. The molecule has 0 radical (unpaired) electrons. The molecule has 2 aliphatic carbocycles. The normalized spacial score (nSPS) is 29.9. The molecule has 4 aliphatic rings. The molecule has 1 saturated heterocycles. The largest absolute Gasteiger partial charge is 0.325 e. The number of rotatable bonds is 4. The highest BCUT2D eigenvalue weighted by atomic mass is 32.2. The van der Waals surface area contributed by atoms with Gasteiger partial charge in [-0.3, -0.25) is 24.1 Å². The monoisotopic (exact) mass is 587 g/mol. The van der Waals surface area contributed by atoms with Crippen LogP contribution in [0.2, 0.25) is 0 Å². The van der Waals surface area contributed by atoms with Crippen molar-refractivity contribution in [2.75, 3.05) is 11.9 Å². The van der Waals surface area contributed by atoms with Gasteiger partial charge in [0.05, 0.1) is 16.9 Å². The Labute approximate surface area is 247 Å². The lowest BCUT2D eigenvalue weighted by Crippen LogP contribution is -2.42. The van der Waals surface area contributed by atoms with Gasteiger partial charge in [0.2, 0.25) is 17.7 Å². The van der Waals surface area contributed by atoms with E-state index in [-0.39, 0.29) is 63.5 Å². The van der Waals surface area contributed by atoms with Gasteiger partial charge < -0.3 is 10.3 Å². The number of benzene rings is 2. The van der Waals surface area contributed by atoms with E-state index in [1.807, 2.05) is 31.2 Å². The van der Waals surface area contributed by atoms with Crippen molar-refractivity contribution in [1.29, 1.82) is 0 Å². The molecule has 2 aliphatic heterocycles. The van der Waals surface area contributed by atoms with Crippen LogP contribution < -0.4 is 10.2 Å². The van der Waals surface area contributed by atoms with Crippen LogP contribution in [0.3, 0.4) is 0 Å². The average Bonchev–Trinajstić information content (AvgIpc) is 3.65. The average molecular weight is 588 g/mol. The number of nitrogens with zero attached hydrogens (tertiary/aromatic N) is 1. The van der Waals surface area contributed by atoms with E-state index in [9.17, 15) is 19.2 Å². The molecule has 1 aromatic heterocycles.